The number of rotatable bonds is 2. The molecule has 2 amide bonds. The van der Waals surface area contributed by atoms with Gasteiger partial charge in [-0.1, -0.05) is 11.3 Å². The van der Waals surface area contributed by atoms with E-state index in [1.165, 1.54) is 22.7 Å². The summed E-state index contributed by atoms with van der Waals surface area (Å²) in [5, 5.41) is 3.38. The van der Waals surface area contributed by atoms with Gasteiger partial charge in [-0.2, -0.15) is 0 Å². The van der Waals surface area contributed by atoms with Gasteiger partial charge in [0.25, 0.3) is 5.91 Å². The molecule has 0 spiro atoms. The summed E-state index contributed by atoms with van der Waals surface area (Å²) in [5.41, 5.74) is 2.77. The van der Waals surface area contributed by atoms with Crippen molar-refractivity contribution in [1.29, 1.82) is 0 Å². The molecule has 0 saturated carbocycles. The Bertz CT molecular complexity index is 807. The fraction of sp³-hybridized carbons (Fsp3) is 0.500. The van der Waals surface area contributed by atoms with Crippen LogP contribution < -0.4 is 5.32 Å². The summed E-state index contributed by atoms with van der Waals surface area (Å²) >= 11 is 2.70. The zero-order valence-electron chi connectivity index (χ0n) is 14.6. The number of hydrogen-bond donors (Lipinski definition) is 1. The number of hydrogen-bond acceptors (Lipinski definition) is 7. The molecule has 134 valence electrons. The summed E-state index contributed by atoms with van der Waals surface area (Å²) in [6, 6.07) is 0. The van der Waals surface area contributed by atoms with Gasteiger partial charge in [-0.25, -0.2) is 14.8 Å². The van der Waals surface area contributed by atoms with Crippen LogP contribution >= 0.6 is 22.7 Å². The molecule has 2 aromatic rings. The van der Waals surface area contributed by atoms with Gasteiger partial charge in [-0.15, -0.1) is 11.3 Å². The van der Waals surface area contributed by atoms with Crippen LogP contribution in [0.3, 0.4) is 0 Å². The van der Waals surface area contributed by atoms with E-state index in [1.54, 1.807) is 17.3 Å². The van der Waals surface area contributed by atoms with Crippen molar-refractivity contribution in [1.82, 2.24) is 14.9 Å². The molecule has 0 unspecified atom stereocenters. The first-order chi connectivity index (χ1) is 11.7. The van der Waals surface area contributed by atoms with E-state index in [4.69, 9.17) is 4.74 Å². The molecule has 0 fully saturated rings. The van der Waals surface area contributed by atoms with Crippen molar-refractivity contribution in [3.8, 4) is 0 Å². The van der Waals surface area contributed by atoms with Crippen molar-refractivity contribution in [2.75, 3.05) is 11.9 Å². The Morgan fingerprint density at radius 2 is 2.12 bits per heavy atom. The molecular formula is C16H20N4O3S2. The second-order valence-electron chi connectivity index (χ2n) is 6.76. The van der Waals surface area contributed by atoms with Crippen LogP contribution in [0.2, 0.25) is 0 Å². The lowest BCUT2D eigenvalue weighted by Gasteiger charge is -2.29. The minimum atomic E-state index is -0.517. The highest BCUT2D eigenvalue weighted by atomic mass is 32.1. The maximum atomic E-state index is 12.3. The molecular weight excluding hydrogens is 360 g/mol. The molecule has 0 radical (unpaired) electrons. The fourth-order valence-corrected chi connectivity index (χ4v) is 4.12. The summed E-state index contributed by atoms with van der Waals surface area (Å²) in [6.45, 7) is 8.37. The van der Waals surface area contributed by atoms with Crippen LogP contribution in [-0.2, 0) is 17.7 Å². The number of amides is 2. The number of nitrogens with zero attached hydrogens (tertiary/aromatic N) is 3. The van der Waals surface area contributed by atoms with E-state index >= 15 is 0 Å². The number of fused-ring (bicyclic) bond motifs is 1. The molecule has 1 aliphatic heterocycles. The van der Waals surface area contributed by atoms with Gasteiger partial charge in [-0.3, -0.25) is 10.1 Å². The topological polar surface area (TPSA) is 84.4 Å². The summed E-state index contributed by atoms with van der Waals surface area (Å²) < 4.78 is 5.42. The first-order valence-electron chi connectivity index (χ1n) is 7.91. The van der Waals surface area contributed by atoms with Crippen molar-refractivity contribution in [3.05, 3.63) is 26.7 Å². The monoisotopic (exact) mass is 380 g/mol. The molecule has 3 heterocycles. The normalized spacial score (nSPS) is 14.2. The minimum Gasteiger partial charge on any atom is -0.444 e. The van der Waals surface area contributed by atoms with Gasteiger partial charge < -0.3 is 9.64 Å². The molecule has 0 aromatic carbocycles. The van der Waals surface area contributed by atoms with Crippen LogP contribution in [0.1, 0.15) is 46.7 Å². The van der Waals surface area contributed by atoms with Crippen LogP contribution in [0.4, 0.5) is 9.93 Å². The zero-order chi connectivity index (χ0) is 18.2. The molecule has 0 bridgehead atoms. The molecule has 1 N–H and O–H groups in total. The third-order valence-corrected chi connectivity index (χ3v) is 5.48. The summed E-state index contributed by atoms with van der Waals surface area (Å²) in [5.74, 6) is -0.199. The van der Waals surface area contributed by atoms with E-state index in [-0.39, 0.29) is 12.0 Å². The van der Waals surface area contributed by atoms with Crippen molar-refractivity contribution < 1.29 is 14.3 Å². The van der Waals surface area contributed by atoms with Crippen LogP contribution in [0.25, 0.3) is 0 Å². The van der Waals surface area contributed by atoms with Gasteiger partial charge in [0.2, 0.25) is 0 Å². The van der Waals surface area contributed by atoms with Crippen LogP contribution in [0.5, 0.6) is 0 Å². The zero-order valence-corrected chi connectivity index (χ0v) is 16.2. The predicted octanol–water partition coefficient (Wildman–Crippen LogP) is 3.45. The quantitative estimate of drug-likeness (QED) is 0.862. The summed E-state index contributed by atoms with van der Waals surface area (Å²) in [4.78, 5) is 36.3. The largest absolute Gasteiger partial charge is 0.444 e. The van der Waals surface area contributed by atoms with Gasteiger partial charge in [0.1, 0.15) is 10.5 Å². The average Bonchev–Trinajstić information content (AvgIpc) is 3.09. The highest BCUT2D eigenvalue weighted by Crippen LogP contribution is 2.29. The average molecular weight is 380 g/mol. The van der Waals surface area contributed by atoms with E-state index in [0.29, 0.717) is 35.2 Å². The molecule has 9 heteroatoms. The third kappa shape index (κ3) is 4.16. The number of carbonyl (C=O) groups is 2. The number of aryl methyl sites for hydroxylation is 1. The number of thiazole rings is 2. The van der Waals surface area contributed by atoms with E-state index in [0.717, 1.165) is 10.6 Å². The summed E-state index contributed by atoms with van der Waals surface area (Å²) in [7, 11) is 0. The van der Waals surface area contributed by atoms with Gasteiger partial charge in [0.05, 0.1) is 23.4 Å². The molecule has 1 aliphatic rings. The maximum absolute atomic E-state index is 12.3. The third-order valence-electron chi connectivity index (χ3n) is 3.56. The Morgan fingerprint density at radius 1 is 1.36 bits per heavy atom. The number of carbonyl (C=O) groups excluding carboxylic acids is 2. The van der Waals surface area contributed by atoms with Crippen molar-refractivity contribution in [2.24, 2.45) is 0 Å². The predicted molar refractivity (Wildman–Crippen MR) is 97.3 cm³/mol. The molecule has 0 atom stereocenters. The van der Waals surface area contributed by atoms with Gasteiger partial charge in [0, 0.05) is 17.8 Å². The van der Waals surface area contributed by atoms with E-state index < -0.39 is 5.60 Å². The Morgan fingerprint density at radius 3 is 2.76 bits per heavy atom. The molecule has 2 aromatic heterocycles. The molecule has 3 rings (SSSR count). The molecule has 7 nitrogen and oxygen atoms in total. The van der Waals surface area contributed by atoms with Crippen molar-refractivity contribution >= 4 is 39.8 Å². The van der Waals surface area contributed by atoms with Gasteiger partial charge >= 0.3 is 6.09 Å². The Balaban J connectivity index is 1.68. The van der Waals surface area contributed by atoms with Crippen molar-refractivity contribution in [2.45, 2.75) is 46.3 Å². The Labute approximate surface area is 154 Å². The molecule has 0 saturated heterocycles. The summed E-state index contributed by atoms with van der Waals surface area (Å²) in [6.07, 6.45) is 0.331. The Hall–Kier alpha value is -2.00. The van der Waals surface area contributed by atoms with Crippen molar-refractivity contribution in [3.63, 3.8) is 0 Å². The van der Waals surface area contributed by atoms with Crippen LogP contribution in [-0.4, -0.2) is 39.0 Å². The van der Waals surface area contributed by atoms with Gasteiger partial charge in [-0.05, 0) is 27.7 Å². The van der Waals surface area contributed by atoms with E-state index in [1.807, 2.05) is 20.8 Å². The minimum absolute atomic E-state index is 0.199. The number of ether oxygens (including phenoxy) is 1. The van der Waals surface area contributed by atoms with Crippen LogP contribution in [0.15, 0.2) is 5.51 Å². The first kappa shape index (κ1) is 17.8. The first-order valence-corrected chi connectivity index (χ1v) is 9.60. The van der Waals surface area contributed by atoms with E-state index in [9.17, 15) is 9.59 Å². The standard InChI is InChI=1S/C16H20N4O3S2/c1-9-12(24-8-17-9)13(21)19-14-18-10-5-6-20(7-11(10)25-14)15(22)23-16(2,3)4/h8H,5-7H2,1-4H3,(H,18,19,21). The lowest BCUT2D eigenvalue weighted by atomic mass is 10.2. The highest BCUT2D eigenvalue weighted by Gasteiger charge is 2.28. The van der Waals surface area contributed by atoms with Gasteiger partial charge in [0.15, 0.2) is 5.13 Å². The smallest absolute Gasteiger partial charge is 0.410 e. The lowest BCUT2D eigenvalue weighted by molar-refractivity contribution is 0.0225. The number of nitrogens with one attached hydrogen (secondary N) is 1. The van der Waals surface area contributed by atoms with E-state index in [2.05, 4.69) is 15.3 Å². The lowest BCUT2D eigenvalue weighted by Crippen LogP contribution is -2.39. The van der Waals surface area contributed by atoms with Crippen LogP contribution in [0, 0.1) is 6.92 Å². The number of aromatic nitrogens is 2. The molecule has 25 heavy (non-hydrogen) atoms. The molecule has 0 aliphatic carbocycles. The Kier molecular flexibility index (Phi) is 4.79. The SMILES string of the molecule is Cc1ncsc1C(=O)Nc1nc2c(s1)CN(C(=O)OC(C)(C)C)CC2. The fourth-order valence-electron chi connectivity index (χ4n) is 2.40. The highest BCUT2D eigenvalue weighted by molar-refractivity contribution is 7.16. The second kappa shape index (κ2) is 6.72. The second-order valence-corrected chi connectivity index (χ2v) is 8.70. The maximum Gasteiger partial charge on any atom is 0.410 e. The number of anilines is 1.